The van der Waals surface area contributed by atoms with Gasteiger partial charge in [-0.15, -0.1) is 5.10 Å². The first-order chi connectivity index (χ1) is 8.92. The molecule has 0 saturated carbocycles. The maximum atomic E-state index is 4.21. The van der Waals surface area contributed by atoms with E-state index >= 15 is 0 Å². The van der Waals surface area contributed by atoms with Crippen molar-refractivity contribution in [2.45, 2.75) is 0 Å². The number of hydrogen-bond acceptors (Lipinski definition) is 4. The van der Waals surface area contributed by atoms with E-state index in [1.807, 2.05) is 35.0 Å². The van der Waals surface area contributed by atoms with Crippen molar-refractivity contribution >= 4 is 27.3 Å². The quantitative estimate of drug-likeness (QED) is 0.523. The van der Waals surface area contributed by atoms with E-state index in [2.05, 4.69) is 26.8 Å². The molecule has 0 aliphatic rings. The lowest BCUT2D eigenvalue weighted by atomic mass is 10.1. The average molecular weight is 252 g/mol. The molecule has 4 nitrogen and oxygen atoms in total. The Bertz CT molecular complexity index is 846. The third-order valence-corrected chi connectivity index (χ3v) is 3.68. The first-order valence-electron chi connectivity index (χ1n) is 5.57. The van der Waals surface area contributed by atoms with Gasteiger partial charge in [-0.1, -0.05) is 16.6 Å². The lowest BCUT2D eigenvalue weighted by molar-refractivity contribution is 0.962. The smallest absolute Gasteiger partial charge is 0.113 e. The molecule has 4 aromatic rings. The van der Waals surface area contributed by atoms with Gasteiger partial charge in [0.25, 0.3) is 0 Å². The van der Waals surface area contributed by atoms with E-state index in [0.29, 0.717) is 0 Å². The fourth-order valence-electron chi connectivity index (χ4n) is 2.13. The molecule has 0 bridgehead atoms. The maximum Gasteiger partial charge on any atom is 0.113 e. The first-order valence-corrected chi connectivity index (χ1v) is 6.34. The summed E-state index contributed by atoms with van der Waals surface area (Å²) in [6.07, 6.45) is 3.76. The lowest BCUT2D eigenvalue weighted by Crippen LogP contribution is -1.87. The Hall–Kier alpha value is -2.27. The molecule has 3 aromatic heterocycles. The van der Waals surface area contributed by atoms with E-state index in [1.54, 1.807) is 6.20 Å². The molecule has 0 unspecified atom stereocenters. The molecule has 5 heteroatoms. The van der Waals surface area contributed by atoms with Gasteiger partial charge in [-0.3, -0.25) is 0 Å². The second-order valence-corrected chi connectivity index (χ2v) is 4.83. The van der Waals surface area contributed by atoms with Crippen molar-refractivity contribution in [3.63, 3.8) is 0 Å². The van der Waals surface area contributed by atoms with Crippen LogP contribution in [0.4, 0.5) is 0 Å². The van der Waals surface area contributed by atoms with E-state index in [-0.39, 0.29) is 0 Å². The molecule has 0 atom stereocenters. The van der Waals surface area contributed by atoms with E-state index in [9.17, 15) is 0 Å². The molecule has 0 fully saturated rings. The summed E-state index contributed by atoms with van der Waals surface area (Å²) in [5.41, 5.74) is 4.30. The minimum atomic E-state index is 0.964. The van der Waals surface area contributed by atoms with Crippen molar-refractivity contribution in [3.8, 4) is 11.1 Å². The minimum absolute atomic E-state index is 0.964. The van der Waals surface area contributed by atoms with Crippen molar-refractivity contribution in [1.29, 1.82) is 0 Å². The maximum absolute atomic E-state index is 4.21. The molecule has 0 amide bonds. The molecule has 18 heavy (non-hydrogen) atoms. The normalized spacial score (nSPS) is 11.3. The standard InChI is InChI=1S/C13H8N4S/c1-2-11(13-12(3-1)18-16-15-13)9-5-7-17-10(8-9)4-6-14-17/h1-8H. The molecule has 1 aromatic carbocycles. The van der Waals surface area contributed by atoms with Crippen molar-refractivity contribution in [1.82, 2.24) is 19.2 Å². The Morgan fingerprint density at radius 3 is 3.11 bits per heavy atom. The summed E-state index contributed by atoms with van der Waals surface area (Å²) in [5, 5.41) is 8.41. The summed E-state index contributed by atoms with van der Waals surface area (Å²) in [7, 11) is 0. The van der Waals surface area contributed by atoms with Gasteiger partial charge in [0.1, 0.15) is 5.52 Å². The van der Waals surface area contributed by atoms with Crippen LogP contribution in [0.3, 0.4) is 0 Å². The molecular weight excluding hydrogens is 244 g/mol. The van der Waals surface area contributed by atoms with Crippen LogP contribution in [-0.4, -0.2) is 19.2 Å². The second-order valence-electron chi connectivity index (χ2n) is 4.04. The molecule has 0 saturated heterocycles. The highest BCUT2D eigenvalue weighted by atomic mass is 32.1. The van der Waals surface area contributed by atoms with Crippen LogP contribution in [0.2, 0.25) is 0 Å². The topological polar surface area (TPSA) is 43.1 Å². The number of fused-ring (bicyclic) bond motifs is 2. The molecule has 4 rings (SSSR count). The van der Waals surface area contributed by atoms with Crippen LogP contribution in [0, 0.1) is 0 Å². The van der Waals surface area contributed by atoms with Gasteiger partial charge in [-0.2, -0.15) is 5.10 Å². The zero-order chi connectivity index (χ0) is 11.9. The summed E-state index contributed by atoms with van der Waals surface area (Å²) < 4.78 is 6.98. The fraction of sp³-hybridized carbons (Fsp3) is 0. The predicted octanol–water partition coefficient (Wildman–Crippen LogP) is 3.01. The Balaban J connectivity index is 2.03. The van der Waals surface area contributed by atoms with Gasteiger partial charge in [0, 0.05) is 18.0 Å². The van der Waals surface area contributed by atoms with Crippen molar-refractivity contribution in [2.75, 3.05) is 0 Å². The molecule has 0 radical (unpaired) electrons. The third-order valence-electron chi connectivity index (χ3n) is 2.99. The van der Waals surface area contributed by atoms with Gasteiger partial charge < -0.3 is 0 Å². The van der Waals surface area contributed by atoms with Crippen LogP contribution in [0.1, 0.15) is 0 Å². The summed E-state index contributed by atoms with van der Waals surface area (Å²) in [6.45, 7) is 0. The van der Waals surface area contributed by atoms with Gasteiger partial charge >= 0.3 is 0 Å². The van der Waals surface area contributed by atoms with E-state index < -0.39 is 0 Å². The lowest BCUT2D eigenvalue weighted by Gasteiger charge is -2.02. The zero-order valence-corrected chi connectivity index (χ0v) is 10.1. The number of benzene rings is 1. The largest absolute Gasteiger partial charge is 0.241 e. The van der Waals surface area contributed by atoms with Crippen LogP contribution >= 0.6 is 11.5 Å². The summed E-state index contributed by atoms with van der Waals surface area (Å²) >= 11 is 1.42. The third kappa shape index (κ3) is 1.34. The van der Waals surface area contributed by atoms with E-state index in [0.717, 1.165) is 26.9 Å². The average Bonchev–Trinajstić information content (AvgIpc) is 3.05. The highest BCUT2D eigenvalue weighted by Gasteiger charge is 2.07. The number of pyridine rings is 1. The summed E-state index contributed by atoms with van der Waals surface area (Å²) in [6, 6.07) is 12.3. The minimum Gasteiger partial charge on any atom is -0.241 e. The molecule has 3 heterocycles. The Morgan fingerprint density at radius 1 is 1.11 bits per heavy atom. The van der Waals surface area contributed by atoms with Crippen LogP contribution in [0.15, 0.2) is 48.8 Å². The highest BCUT2D eigenvalue weighted by Crippen LogP contribution is 2.29. The number of hydrogen-bond donors (Lipinski definition) is 0. The van der Waals surface area contributed by atoms with Crippen LogP contribution in [0.25, 0.3) is 26.9 Å². The molecule has 86 valence electrons. The highest BCUT2D eigenvalue weighted by molar-refractivity contribution is 7.13. The Morgan fingerprint density at radius 2 is 2.11 bits per heavy atom. The van der Waals surface area contributed by atoms with Crippen molar-refractivity contribution in [3.05, 3.63) is 48.8 Å². The SMILES string of the molecule is c1cc(-c2ccn3nccc3c2)c2nnsc2c1. The van der Waals surface area contributed by atoms with Gasteiger partial charge in [-0.05, 0) is 41.4 Å². The summed E-state index contributed by atoms with van der Waals surface area (Å²) in [5.74, 6) is 0. The molecule has 0 aliphatic heterocycles. The predicted molar refractivity (Wildman–Crippen MR) is 71.6 cm³/mol. The zero-order valence-electron chi connectivity index (χ0n) is 9.32. The van der Waals surface area contributed by atoms with Gasteiger partial charge in [0.15, 0.2) is 0 Å². The fourth-order valence-corrected chi connectivity index (χ4v) is 2.71. The molecule has 0 N–H and O–H groups in total. The van der Waals surface area contributed by atoms with E-state index in [4.69, 9.17) is 0 Å². The van der Waals surface area contributed by atoms with Crippen LogP contribution < -0.4 is 0 Å². The number of rotatable bonds is 1. The molecular formula is C13H8N4S. The van der Waals surface area contributed by atoms with Gasteiger partial charge in [0.05, 0.1) is 10.2 Å². The van der Waals surface area contributed by atoms with Crippen LogP contribution in [-0.2, 0) is 0 Å². The monoisotopic (exact) mass is 252 g/mol. The molecule has 0 spiro atoms. The number of aromatic nitrogens is 4. The van der Waals surface area contributed by atoms with Gasteiger partial charge in [-0.25, -0.2) is 4.52 Å². The first kappa shape index (κ1) is 9.73. The molecule has 0 aliphatic carbocycles. The van der Waals surface area contributed by atoms with Crippen molar-refractivity contribution < 1.29 is 0 Å². The van der Waals surface area contributed by atoms with Gasteiger partial charge in [0.2, 0.25) is 0 Å². The Labute approximate surface area is 107 Å². The summed E-state index contributed by atoms with van der Waals surface area (Å²) in [4.78, 5) is 0. The van der Waals surface area contributed by atoms with Crippen LogP contribution in [0.5, 0.6) is 0 Å². The Kier molecular flexibility index (Phi) is 1.95. The number of nitrogens with zero attached hydrogens (tertiary/aromatic N) is 4. The second kappa shape index (κ2) is 3.61. The van der Waals surface area contributed by atoms with E-state index in [1.165, 1.54) is 11.5 Å². The van der Waals surface area contributed by atoms with Crippen molar-refractivity contribution in [2.24, 2.45) is 0 Å².